The van der Waals surface area contributed by atoms with Gasteiger partial charge in [-0.1, -0.05) is 13.8 Å². The van der Waals surface area contributed by atoms with Crippen molar-refractivity contribution in [1.82, 2.24) is 0 Å². The summed E-state index contributed by atoms with van der Waals surface area (Å²) in [4.78, 5) is 10.9. The van der Waals surface area contributed by atoms with Gasteiger partial charge < -0.3 is 5.11 Å². The lowest BCUT2D eigenvalue weighted by molar-refractivity contribution is -0.137. The van der Waals surface area contributed by atoms with Crippen molar-refractivity contribution < 1.29 is 18.7 Å². The smallest absolute Gasteiger partial charge is 0.317 e. The first-order chi connectivity index (χ1) is 7.41. The third-order valence-corrected chi connectivity index (χ3v) is 3.56. The average molecular weight is 246 g/mol. The van der Waals surface area contributed by atoms with Gasteiger partial charge in [0.15, 0.2) is 0 Å². The summed E-state index contributed by atoms with van der Waals surface area (Å²) in [6.07, 6.45) is 0. The zero-order valence-electron chi connectivity index (χ0n) is 8.91. The number of rotatable bonds is 4. The molecule has 0 bridgehead atoms. The van der Waals surface area contributed by atoms with Gasteiger partial charge in [-0.05, 0) is 24.1 Å². The van der Waals surface area contributed by atoms with E-state index in [1.54, 1.807) is 13.8 Å². The predicted octanol–water partition coefficient (Wildman–Crippen LogP) is 3.17. The molecule has 1 atom stereocenters. The number of halogens is 2. The second kappa shape index (κ2) is 5.30. The van der Waals surface area contributed by atoms with Crippen LogP contribution in [-0.4, -0.2) is 16.3 Å². The van der Waals surface area contributed by atoms with Gasteiger partial charge >= 0.3 is 5.97 Å². The van der Waals surface area contributed by atoms with Crippen LogP contribution in [0.25, 0.3) is 0 Å². The van der Waals surface area contributed by atoms with Crippen molar-refractivity contribution in [2.24, 2.45) is 5.92 Å². The largest absolute Gasteiger partial charge is 0.480 e. The standard InChI is InChI=1S/C11H12F2O2S/c1-6(2)10(11(14)15)16-9-5-7(12)3-4-8(9)13/h3-6,10H,1-2H3,(H,14,15). The Labute approximate surface area is 96.7 Å². The molecule has 0 saturated heterocycles. The van der Waals surface area contributed by atoms with E-state index in [1.165, 1.54) is 0 Å². The van der Waals surface area contributed by atoms with Crippen molar-refractivity contribution >= 4 is 17.7 Å². The predicted molar refractivity (Wildman–Crippen MR) is 58.5 cm³/mol. The maximum absolute atomic E-state index is 13.3. The van der Waals surface area contributed by atoms with Crippen LogP contribution in [0, 0.1) is 17.6 Å². The molecule has 16 heavy (non-hydrogen) atoms. The molecule has 1 N–H and O–H groups in total. The Bertz CT molecular complexity index is 394. The SMILES string of the molecule is CC(C)C(Sc1cc(F)ccc1F)C(=O)O. The van der Waals surface area contributed by atoms with Gasteiger partial charge in [-0.25, -0.2) is 8.78 Å². The maximum Gasteiger partial charge on any atom is 0.317 e. The van der Waals surface area contributed by atoms with E-state index in [-0.39, 0.29) is 10.8 Å². The van der Waals surface area contributed by atoms with E-state index in [9.17, 15) is 13.6 Å². The van der Waals surface area contributed by atoms with Crippen molar-refractivity contribution in [3.63, 3.8) is 0 Å². The minimum Gasteiger partial charge on any atom is -0.480 e. The monoisotopic (exact) mass is 246 g/mol. The third kappa shape index (κ3) is 3.20. The molecule has 88 valence electrons. The maximum atomic E-state index is 13.3. The molecule has 5 heteroatoms. The number of hydrogen-bond donors (Lipinski definition) is 1. The number of aliphatic carboxylic acids is 1. The number of carboxylic acids is 1. The first kappa shape index (κ1) is 13.0. The minimum atomic E-state index is -1.02. The minimum absolute atomic E-state index is 0.0288. The Kier molecular flexibility index (Phi) is 4.29. The van der Waals surface area contributed by atoms with Crippen molar-refractivity contribution in [2.45, 2.75) is 24.0 Å². The lowest BCUT2D eigenvalue weighted by atomic mass is 10.1. The summed E-state index contributed by atoms with van der Waals surface area (Å²) in [5.74, 6) is -2.36. The average Bonchev–Trinajstić information content (AvgIpc) is 2.18. The van der Waals surface area contributed by atoms with Crippen LogP contribution in [0.2, 0.25) is 0 Å². The molecule has 0 spiro atoms. The molecule has 0 amide bonds. The van der Waals surface area contributed by atoms with Crippen molar-refractivity contribution in [3.8, 4) is 0 Å². The highest BCUT2D eigenvalue weighted by Gasteiger charge is 2.24. The molecule has 1 aromatic carbocycles. The topological polar surface area (TPSA) is 37.3 Å². The summed E-state index contributed by atoms with van der Waals surface area (Å²) in [5.41, 5.74) is 0. The molecule has 0 saturated carbocycles. The number of thioether (sulfide) groups is 1. The summed E-state index contributed by atoms with van der Waals surface area (Å²) in [7, 11) is 0. The fraction of sp³-hybridized carbons (Fsp3) is 0.364. The summed E-state index contributed by atoms with van der Waals surface area (Å²) < 4.78 is 26.1. The lowest BCUT2D eigenvalue weighted by Crippen LogP contribution is -2.22. The van der Waals surface area contributed by atoms with Crippen LogP contribution in [0.3, 0.4) is 0 Å². The van der Waals surface area contributed by atoms with Gasteiger partial charge in [0.2, 0.25) is 0 Å². The Hall–Kier alpha value is -1.10. The molecule has 0 heterocycles. The first-order valence-electron chi connectivity index (χ1n) is 4.76. The fourth-order valence-corrected chi connectivity index (χ4v) is 2.18. The molecule has 2 nitrogen and oxygen atoms in total. The van der Waals surface area contributed by atoms with Gasteiger partial charge in [-0.15, -0.1) is 11.8 Å². The van der Waals surface area contributed by atoms with Crippen LogP contribution in [0.1, 0.15) is 13.8 Å². The molecule has 0 aliphatic carbocycles. The van der Waals surface area contributed by atoms with E-state index >= 15 is 0 Å². The van der Waals surface area contributed by atoms with E-state index in [4.69, 9.17) is 5.11 Å². The Morgan fingerprint density at radius 2 is 2.00 bits per heavy atom. The molecule has 0 radical (unpaired) electrons. The van der Waals surface area contributed by atoms with Gasteiger partial charge in [0.05, 0.1) is 0 Å². The molecule has 1 rings (SSSR count). The number of benzene rings is 1. The van der Waals surface area contributed by atoms with Crippen LogP contribution < -0.4 is 0 Å². The van der Waals surface area contributed by atoms with Gasteiger partial charge in [-0.2, -0.15) is 0 Å². The summed E-state index contributed by atoms with van der Waals surface area (Å²) in [5, 5.41) is 8.15. The number of carbonyl (C=O) groups is 1. The van der Waals surface area contributed by atoms with Gasteiger partial charge in [0.1, 0.15) is 16.9 Å². The molecular weight excluding hydrogens is 234 g/mol. The summed E-state index contributed by atoms with van der Waals surface area (Å²) >= 11 is 0.831. The van der Waals surface area contributed by atoms with E-state index in [1.807, 2.05) is 0 Å². The van der Waals surface area contributed by atoms with Gasteiger partial charge in [0, 0.05) is 4.90 Å². The molecule has 1 aromatic rings. The van der Waals surface area contributed by atoms with Crippen molar-refractivity contribution in [1.29, 1.82) is 0 Å². The highest BCUT2D eigenvalue weighted by atomic mass is 32.2. The third-order valence-electron chi connectivity index (χ3n) is 2.00. The van der Waals surface area contributed by atoms with Gasteiger partial charge in [-0.3, -0.25) is 4.79 Å². The molecule has 0 aliphatic heterocycles. The Balaban J connectivity index is 2.93. The molecule has 1 unspecified atom stereocenters. The van der Waals surface area contributed by atoms with Gasteiger partial charge in [0.25, 0.3) is 0 Å². The Morgan fingerprint density at radius 1 is 1.38 bits per heavy atom. The molecule has 0 fully saturated rings. The normalized spacial score (nSPS) is 12.8. The zero-order chi connectivity index (χ0) is 12.3. The number of hydrogen-bond acceptors (Lipinski definition) is 2. The summed E-state index contributed by atoms with van der Waals surface area (Å²) in [6, 6.07) is 3.01. The second-order valence-electron chi connectivity index (χ2n) is 3.70. The fourth-order valence-electron chi connectivity index (χ4n) is 1.18. The van der Waals surface area contributed by atoms with Crippen LogP contribution in [0.4, 0.5) is 8.78 Å². The highest BCUT2D eigenvalue weighted by Crippen LogP contribution is 2.30. The van der Waals surface area contributed by atoms with Crippen LogP contribution >= 0.6 is 11.8 Å². The van der Waals surface area contributed by atoms with E-state index in [2.05, 4.69) is 0 Å². The molecular formula is C11H12F2O2S. The number of carboxylic acid groups (broad SMARTS) is 1. The van der Waals surface area contributed by atoms with E-state index < -0.39 is 22.9 Å². The second-order valence-corrected chi connectivity index (χ2v) is 4.88. The zero-order valence-corrected chi connectivity index (χ0v) is 9.72. The van der Waals surface area contributed by atoms with Crippen LogP contribution in [0.15, 0.2) is 23.1 Å². The van der Waals surface area contributed by atoms with Crippen molar-refractivity contribution in [2.75, 3.05) is 0 Å². The Morgan fingerprint density at radius 3 is 2.50 bits per heavy atom. The van der Waals surface area contributed by atoms with Crippen LogP contribution in [-0.2, 0) is 4.79 Å². The quantitative estimate of drug-likeness (QED) is 0.829. The molecule has 0 aliphatic rings. The first-order valence-corrected chi connectivity index (χ1v) is 5.64. The van der Waals surface area contributed by atoms with E-state index in [0.29, 0.717) is 0 Å². The van der Waals surface area contributed by atoms with Crippen LogP contribution in [0.5, 0.6) is 0 Å². The van der Waals surface area contributed by atoms with E-state index in [0.717, 1.165) is 30.0 Å². The highest BCUT2D eigenvalue weighted by molar-refractivity contribution is 8.00. The lowest BCUT2D eigenvalue weighted by Gasteiger charge is -2.15. The summed E-state index contributed by atoms with van der Waals surface area (Å²) in [6.45, 7) is 3.45. The van der Waals surface area contributed by atoms with Crippen molar-refractivity contribution in [3.05, 3.63) is 29.8 Å². The molecule has 0 aromatic heterocycles.